The Morgan fingerprint density at radius 1 is 1.29 bits per heavy atom. The van der Waals surface area contributed by atoms with Gasteiger partial charge in [0.05, 0.1) is 12.6 Å². The van der Waals surface area contributed by atoms with Crippen molar-refractivity contribution in [2.45, 2.75) is 52.7 Å². The molecule has 0 bridgehead atoms. The second-order valence-electron chi connectivity index (χ2n) is 7.25. The van der Waals surface area contributed by atoms with Crippen molar-refractivity contribution in [2.75, 3.05) is 13.1 Å². The van der Waals surface area contributed by atoms with E-state index in [4.69, 9.17) is 9.41 Å². The van der Waals surface area contributed by atoms with Gasteiger partial charge in [0, 0.05) is 26.1 Å². The number of furan rings is 1. The van der Waals surface area contributed by atoms with Gasteiger partial charge in [-0.2, -0.15) is 0 Å². The zero-order chi connectivity index (χ0) is 19.9. The van der Waals surface area contributed by atoms with Gasteiger partial charge in [-0.05, 0) is 50.5 Å². The molecule has 6 heteroatoms. The SMILES string of the molecule is CCNC(=NCc1cccc(CN2CCCC2=O)c1)NC(C)c1ccc(C)o1. The van der Waals surface area contributed by atoms with Gasteiger partial charge in [-0.3, -0.25) is 4.79 Å². The molecule has 28 heavy (non-hydrogen) atoms. The van der Waals surface area contributed by atoms with Crippen molar-refractivity contribution >= 4 is 11.9 Å². The van der Waals surface area contributed by atoms with Crippen LogP contribution in [0, 0.1) is 6.92 Å². The molecule has 3 rings (SSSR count). The number of hydrogen-bond acceptors (Lipinski definition) is 3. The van der Waals surface area contributed by atoms with Crippen molar-refractivity contribution in [3.63, 3.8) is 0 Å². The van der Waals surface area contributed by atoms with Gasteiger partial charge < -0.3 is 20.0 Å². The number of likely N-dealkylation sites (tertiary alicyclic amines) is 1. The molecule has 1 amide bonds. The van der Waals surface area contributed by atoms with Crippen LogP contribution in [0.15, 0.2) is 45.8 Å². The predicted octanol–water partition coefficient (Wildman–Crippen LogP) is 3.53. The Labute approximate surface area is 167 Å². The van der Waals surface area contributed by atoms with Crippen molar-refractivity contribution in [2.24, 2.45) is 4.99 Å². The van der Waals surface area contributed by atoms with Gasteiger partial charge in [0.25, 0.3) is 0 Å². The van der Waals surface area contributed by atoms with Crippen LogP contribution >= 0.6 is 0 Å². The maximum atomic E-state index is 11.9. The van der Waals surface area contributed by atoms with Crippen LogP contribution in [0.2, 0.25) is 0 Å². The van der Waals surface area contributed by atoms with Gasteiger partial charge in [-0.1, -0.05) is 24.3 Å². The third-order valence-electron chi connectivity index (χ3n) is 4.84. The maximum absolute atomic E-state index is 11.9. The maximum Gasteiger partial charge on any atom is 0.222 e. The number of amides is 1. The van der Waals surface area contributed by atoms with E-state index in [1.807, 2.05) is 36.9 Å². The first kappa shape index (κ1) is 20.0. The van der Waals surface area contributed by atoms with Crippen molar-refractivity contribution in [1.82, 2.24) is 15.5 Å². The second kappa shape index (κ2) is 9.44. The monoisotopic (exact) mass is 382 g/mol. The van der Waals surface area contributed by atoms with Crippen LogP contribution in [0.5, 0.6) is 0 Å². The fourth-order valence-corrected chi connectivity index (χ4v) is 3.37. The highest BCUT2D eigenvalue weighted by atomic mass is 16.3. The molecule has 1 unspecified atom stereocenters. The third kappa shape index (κ3) is 5.38. The second-order valence-corrected chi connectivity index (χ2v) is 7.25. The summed E-state index contributed by atoms with van der Waals surface area (Å²) in [5.74, 6) is 2.80. The van der Waals surface area contributed by atoms with Gasteiger partial charge in [0.2, 0.25) is 5.91 Å². The molecule has 1 aliphatic heterocycles. The van der Waals surface area contributed by atoms with Gasteiger partial charge in [-0.15, -0.1) is 0 Å². The summed E-state index contributed by atoms with van der Waals surface area (Å²) in [7, 11) is 0. The van der Waals surface area contributed by atoms with E-state index in [2.05, 4.69) is 35.8 Å². The van der Waals surface area contributed by atoms with Crippen molar-refractivity contribution in [1.29, 1.82) is 0 Å². The molecule has 1 aliphatic rings. The van der Waals surface area contributed by atoms with Gasteiger partial charge in [0.1, 0.15) is 11.5 Å². The molecule has 1 atom stereocenters. The average molecular weight is 383 g/mol. The standard InChI is InChI=1S/C22H30N4O2/c1-4-23-22(25-17(3)20-11-10-16(2)28-20)24-14-18-7-5-8-19(13-18)15-26-12-6-9-21(26)27/h5,7-8,10-11,13,17H,4,6,9,12,14-15H2,1-3H3,(H2,23,24,25). The summed E-state index contributed by atoms with van der Waals surface area (Å²) in [6.07, 6.45) is 1.64. The molecule has 1 fully saturated rings. The molecule has 6 nitrogen and oxygen atoms in total. The quantitative estimate of drug-likeness (QED) is 0.568. The Bertz CT molecular complexity index is 827. The molecule has 1 aromatic carbocycles. The Balaban J connectivity index is 1.63. The Morgan fingerprint density at radius 2 is 2.11 bits per heavy atom. The summed E-state index contributed by atoms with van der Waals surface area (Å²) >= 11 is 0. The minimum atomic E-state index is 0.0269. The topological polar surface area (TPSA) is 69.9 Å². The van der Waals surface area contributed by atoms with E-state index in [9.17, 15) is 4.79 Å². The van der Waals surface area contributed by atoms with Crippen LogP contribution in [-0.2, 0) is 17.9 Å². The van der Waals surface area contributed by atoms with Crippen LogP contribution in [0.1, 0.15) is 55.4 Å². The van der Waals surface area contributed by atoms with Crippen molar-refractivity contribution in [3.05, 3.63) is 59.0 Å². The average Bonchev–Trinajstić information content (AvgIpc) is 3.29. The number of aryl methyl sites for hydroxylation is 1. The van der Waals surface area contributed by atoms with E-state index >= 15 is 0 Å². The molecule has 1 saturated heterocycles. The molecule has 2 aromatic rings. The highest BCUT2D eigenvalue weighted by Gasteiger charge is 2.19. The fraction of sp³-hybridized carbons (Fsp3) is 0.455. The summed E-state index contributed by atoms with van der Waals surface area (Å²) in [6.45, 7) is 8.95. The lowest BCUT2D eigenvalue weighted by molar-refractivity contribution is -0.128. The zero-order valence-corrected chi connectivity index (χ0v) is 17.0. The zero-order valence-electron chi connectivity index (χ0n) is 17.0. The lowest BCUT2D eigenvalue weighted by atomic mass is 10.1. The Kier molecular flexibility index (Phi) is 6.74. The Morgan fingerprint density at radius 3 is 2.79 bits per heavy atom. The Hall–Kier alpha value is -2.76. The van der Waals surface area contributed by atoms with Gasteiger partial charge >= 0.3 is 0 Å². The number of nitrogens with one attached hydrogen (secondary N) is 2. The molecular formula is C22H30N4O2. The highest BCUT2D eigenvalue weighted by molar-refractivity contribution is 5.80. The van der Waals surface area contributed by atoms with E-state index in [0.29, 0.717) is 19.5 Å². The first-order valence-electron chi connectivity index (χ1n) is 10.0. The van der Waals surface area contributed by atoms with Gasteiger partial charge in [0.15, 0.2) is 5.96 Å². The summed E-state index contributed by atoms with van der Waals surface area (Å²) in [6, 6.07) is 12.3. The van der Waals surface area contributed by atoms with Gasteiger partial charge in [-0.25, -0.2) is 4.99 Å². The van der Waals surface area contributed by atoms with E-state index < -0.39 is 0 Å². The lowest BCUT2D eigenvalue weighted by Crippen LogP contribution is -2.38. The lowest BCUT2D eigenvalue weighted by Gasteiger charge is -2.17. The number of aliphatic imine (C=N–C) groups is 1. The molecule has 2 heterocycles. The number of carbonyl (C=O) groups is 1. The summed E-state index contributed by atoms with van der Waals surface area (Å²) in [5.41, 5.74) is 2.28. The molecule has 0 aliphatic carbocycles. The van der Waals surface area contributed by atoms with E-state index in [1.54, 1.807) is 0 Å². The third-order valence-corrected chi connectivity index (χ3v) is 4.84. The largest absolute Gasteiger partial charge is 0.464 e. The van der Waals surface area contributed by atoms with Crippen LogP contribution in [0.25, 0.3) is 0 Å². The molecule has 150 valence electrons. The fourth-order valence-electron chi connectivity index (χ4n) is 3.37. The number of guanidine groups is 1. The summed E-state index contributed by atoms with van der Waals surface area (Å²) < 4.78 is 5.70. The molecular weight excluding hydrogens is 352 g/mol. The van der Waals surface area contributed by atoms with E-state index in [0.717, 1.165) is 48.1 Å². The van der Waals surface area contributed by atoms with Crippen LogP contribution in [0.4, 0.5) is 0 Å². The number of nitrogens with zero attached hydrogens (tertiary/aromatic N) is 2. The summed E-state index contributed by atoms with van der Waals surface area (Å²) in [5, 5.41) is 6.67. The summed E-state index contributed by atoms with van der Waals surface area (Å²) in [4.78, 5) is 18.5. The molecule has 0 radical (unpaired) electrons. The van der Waals surface area contributed by atoms with Crippen LogP contribution < -0.4 is 10.6 Å². The van der Waals surface area contributed by atoms with E-state index in [-0.39, 0.29) is 11.9 Å². The predicted molar refractivity (Wildman–Crippen MR) is 111 cm³/mol. The minimum Gasteiger partial charge on any atom is -0.464 e. The van der Waals surface area contributed by atoms with Crippen molar-refractivity contribution in [3.8, 4) is 0 Å². The van der Waals surface area contributed by atoms with Crippen LogP contribution in [-0.4, -0.2) is 29.9 Å². The highest BCUT2D eigenvalue weighted by Crippen LogP contribution is 2.17. The number of carbonyl (C=O) groups excluding carboxylic acids is 1. The number of hydrogen-bond donors (Lipinski definition) is 2. The molecule has 1 aromatic heterocycles. The number of rotatable bonds is 7. The molecule has 2 N–H and O–H groups in total. The van der Waals surface area contributed by atoms with E-state index in [1.165, 1.54) is 0 Å². The van der Waals surface area contributed by atoms with Crippen molar-refractivity contribution < 1.29 is 9.21 Å². The van der Waals surface area contributed by atoms with Crippen LogP contribution in [0.3, 0.4) is 0 Å². The minimum absolute atomic E-state index is 0.0269. The molecule has 0 saturated carbocycles. The number of benzene rings is 1. The molecule has 0 spiro atoms. The first-order valence-corrected chi connectivity index (χ1v) is 10.0. The first-order chi connectivity index (χ1) is 13.5. The normalized spacial score (nSPS) is 15.8. The smallest absolute Gasteiger partial charge is 0.222 e.